The molecule has 4 rings (SSSR count). The largest absolute Gasteiger partial charge is 0.433 e. The summed E-state index contributed by atoms with van der Waals surface area (Å²) in [6.07, 6.45) is -4.62. The van der Waals surface area contributed by atoms with Gasteiger partial charge >= 0.3 is 6.18 Å². The van der Waals surface area contributed by atoms with Gasteiger partial charge in [-0.2, -0.15) is 18.2 Å². The van der Waals surface area contributed by atoms with Gasteiger partial charge in [0.1, 0.15) is 5.82 Å². The molecule has 2 N–H and O–H groups in total. The van der Waals surface area contributed by atoms with E-state index in [2.05, 4.69) is 25.5 Å². The molecule has 11 heteroatoms. The molecule has 1 saturated heterocycles. The molecular weight excluding hydrogens is 485 g/mol. The topological polar surface area (TPSA) is 56.3 Å². The summed E-state index contributed by atoms with van der Waals surface area (Å²) in [6, 6.07) is 18.1. The van der Waals surface area contributed by atoms with Crippen molar-refractivity contribution >= 4 is 46.4 Å². The zero-order chi connectivity index (χ0) is 24.1. The van der Waals surface area contributed by atoms with Gasteiger partial charge in [-0.25, -0.2) is 4.98 Å². The fourth-order valence-electron chi connectivity index (χ4n) is 3.59. The summed E-state index contributed by atoms with van der Waals surface area (Å²) in [6.45, 7) is 2.68. The molecule has 0 unspecified atom stereocenters. The van der Waals surface area contributed by atoms with Crippen molar-refractivity contribution in [2.45, 2.75) is 12.7 Å². The van der Waals surface area contributed by atoms with Crippen LogP contribution in [-0.4, -0.2) is 41.3 Å². The Bertz CT molecular complexity index is 1140. The van der Waals surface area contributed by atoms with Crippen molar-refractivity contribution in [1.29, 1.82) is 0 Å². The second-order valence-corrected chi connectivity index (χ2v) is 8.46. The van der Waals surface area contributed by atoms with E-state index in [0.717, 1.165) is 17.3 Å². The summed E-state index contributed by atoms with van der Waals surface area (Å²) >= 11 is 11.4. The maximum absolute atomic E-state index is 13.5. The number of nitrogens with one attached hydrogen (secondary N) is 2. The second kappa shape index (κ2) is 10.4. The third kappa shape index (κ3) is 6.06. The first-order chi connectivity index (χ1) is 16.3. The van der Waals surface area contributed by atoms with Crippen LogP contribution in [-0.2, 0) is 12.7 Å². The van der Waals surface area contributed by atoms with Crippen LogP contribution in [0.4, 0.5) is 30.6 Å². The maximum Gasteiger partial charge on any atom is 0.433 e. The molecule has 2 aromatic carbocycles. The first kappa shape index (κ1) is 24.0. The highest BCUT2D eigenvalue weighted by molar-refractivity contribution is 7.80. The summed E-state index contributed by atoms with van der Waals surface area (Å²) in [5.74, 6) is -0.0154. The lowest BCUT2D eigenvalue weighted by Crippen LogP contribution is -2.47. The van der Waals surface area contributed by atoms with Gasteiger partial charge in [0.25, 0.3) is 0 Å². The molecule has 1 aromatic heterocycles. The van der Waals surface area contributed by atoms with E-state index in [1.54, 1.807) is 12.1 Å². The van der Waals surface area contributed by atoms with Crippen molar-refractivity contribution < 1.29 is 13.2 Å². The van der Waals surface area contributed by atoms with Gasteiger partial charge in [0.2, 0.25) is 5.95 Å². The van der Waals surface area contributed by atoms with Crippen LogP contribution in [0.1, 0.15) is 11.3 Å². The van der Waals surface area contributed by atoms with Gasteiger partial charge in [-0.05, 0) is 36.0 Å². The zero-order valence-electron chi connectivity index (χ0n) is 18.0. The lowest BCUT2D eigenvalue weighted by Gasteiger charge is -2.37. The van der Waals surface area contributed by atoms with Crippen molar-refractivity contribution in [2.24, 2.45) is 0 Å². The molecule has 1 aliphatic rings. The lowest BCUT2D eigenvalue weighted by atomic mass is 10.2. The number of para-hydroxylation sites is 1. The Morgan fingerprint density at radius 3 is 2.26 bits per heavy atom. The average molecular weight is 507 g/mol. The highest BCUT2D eigenvalue weighted by Gasteiger charge is 2.34. The predicted molar refractivity (Wildman–Crippen MR) is 132 cm³/mol. The van der Waals surface area contributed by atoms with E-state index in [4.69, 9.17) is 23.8 Å². The molecule has 178 valence electrons. The van der Waals surface area contributed by atoms with Gasteiger partial charge in [0.15, 0.2) is 10.8 Å². The molecule has 34 heavy (non-hydrogen) atoms. The number of rotatable bonds is 5. The summed E-state index contributed by atoms with van der Waals surface area (Å²) < 4.78 is 40.6. The highest BCUT2D eigenvalue weighted by atomic mass is 35.5. The van der Waals surface area contributed by atoms with Crippen LogP contribution in [0.2, 0.25) is 5.02 Å². The van der Waals surface area contributed by atoms with Crippen LogP contribution in [0.5, 0.6) is 0 Å². The molecular formula is C23H22ClF3N6S. The molecule has 1 fully saturated rings. The number of hydrogen-bond acceptors (Lipinski definition) is 5. The number of alkyl halides is 3. The van der Waals surface area contributed by atoms with Crippen molar-refractivity contribution in [3.63, 3.8) is 0 Å². The van der Waals surface area contributed by atoms with Crippen LogP contribution in [0.25, 0.3) is 0 Å². The zero-order valence-corrected chi connectivity index (χ0v) is 19.6. The van der Waals surface area contributed by atoms with Gasteiger partial charge in [0.05, 0.1) is 0 Å². The van der Waals surface area contributed by atoms with Crippen LogP contribution in [0.15, 0.2) is 60.7 Å². The van der Waals surface area contributed by atoms with E-state index in [9.17, 15) is 13.2 Å². The maximum atomic E-state index is 13.5. The number of hydrogen-bond donors (Lipinski definition) is 2. The Kier molecular flexibility index (Phi) is 7.38. The summed E-state index contributed by atoms with van der Waals surface area (Å²) in [5, 5.41) is 6.26. The van der Waals surface area contributed by atoms with E-state index < -0.39 is 11.9 Å². The fourth-order valence-corrected chi connectivity index (χ4v) is 3.96. The van der Waals surface area contributed by atoms with Crippen LogP contribution >= 0.6 is 23.8 Å². The van der Waals surface area contributed by atoms with Crippen LogP contribution < -0.4 is 20.4 Å². The van der Waals surface area contributed by atoms with E-state index in [1.807, 2.05) is 47.4 Å². The van der Waals surface area contributed by atoms with Crippen LogP contribution in [0.3, 0.4) is 0 Å². The smallest absolute Gasteiger partial charge is 0.368 e. The standard InChI is InChI=1S/C23H22ClF3N6S/c24-18-9-5-4-6-16(18)15-28-22(34)31-21-29-19(23(25,26)27)14-20(30-21)33-12-10-32(11-13-33)17-7-2-1-3-8-17/h1-9,14H,10-13,15H2,(H2,28,29,30,31,34). The summed E-state index contributed by atoms with van der Waals surface area (Å²) in [7, 11) is 0. The van der Waals surface area contributed by atoms with E-state index in [-0.39, 0.29) is 16.9 Å². The normalized spacial score (nSPS) is 14.1. The summed E-state index contributed by atoms with van der Waals surface area (Å²) in [5.41, 5.74) is 0.854. The second-order valence-electron chi connectivity index (χ2n) is 7.64. The first-order valence-electron chi connectivity index (χ1n) is 10.6. The Hall–Kier alpha value is -3.11. The minimum absolute atomic E-state index is 0.0964. The molecule has 0 bridgehead atoms. The summed E-state index contributed by atoms with van der Waals surface area (Å²) in [4.78, 5) is 12.0. The van der Waals surface area contributed by atoms with E-state index in [1.165, 1.54) is 0 Å². The quantitative estimate of drug-likeness (QED) is 0.474. The number of halogens is 4. The SMILES string of the molecule is FC(F)(F)c1cc(N2CCN(c3ccccc3)CC2)nc(NC(=S)NCc2ccccc2Cl)n1. The molecule has 0 aliphatic carbocycles. The molecule has 6 nitrogen and oxygen atoms in total. The molecule has 2 heterocycles. The molecule has 3 aromatic rings. The molecule has 0 amide bonds. The van der Waals surface area contributed by atoms with Gasteiger partial charge in [-0.15, -0.1) is 0 Å². The lowest BCUT2D eigenvalue weighted by molar-refractivity contribution is -0.141. The van der Waals surface area contributed by atoms with E-state index in [0.29, 0.717) is 37.7 Å². The predicted octanol–water partition coefficient (Wildman–Crippen LogP) is 4.96. The third-order valence-corrected chi connectivity index (χ3v) is 5.97. The van der Waals surface area contributed by atoms with Crippen molar-refractivity contribution in [2.75, 3.05) is 41.3 Å². The minimum atomic E-state index is -4.62. The number of nitrogens with zero attached hydrogens (tertiary/aromatic N) is 4. The Balaban J connectivity index is 1.46. The average Bonchev–Trinajstić information content (AvgIpc) is 2.83. The highest BCUT2D eigenvalue weighted by Crippen LogP contribution is 2.31. The van der Waals surface area contributed by atoms with Gasteiger partial charge in [-0.3, -0.25) is 0 Å². The van der Waals surface area contributed by atoms with Gasteiger partial charge < -0.3 is 20.4 Å². The molecule has 0 radical (unpaired) electrons. The monoisotopic (exact) mass is 506 g/mol. The number of thiocarbonyl (C=S) groups is 1. The fraction of sp³-hybridized carbons (Fsp3) is 0.261. The minimum Gasteiger partial charge on any atom is -0.368 e. The Labute approximate surface area is 205 Å². The Morgan fingerprint density at radius 1 is 0.941 bits per heavy atom. The van der Waals surface area contributed by atoms with Crippen molar-refractivity contribution in [3.05, 3.63) is 76.9 Å². The first-order valence-corrected chi connectivity index (χ1v) is 11.4. The molecule has 0 atom stereocenters. The van der Waals surface area contributed by atoms with E-state index >= 15 is 0 Å². The number of aromatic nitrogens is 2. The van der Waals surface area contributed by atoms with Crippen molar-refractivity contribution in [3.8, 4) is 0 Å². The van der Waals surface area contributed by atoms with Gasteiger partial charge in [-0.1, -0.05) is 48.0 Å². The van der Waals surface area contributed by atoms with Gasteiger partial charge in [0, 0.05) is 49.5 Å². The molecule has 0 spiro atoms. The van der Waals surface area contributed by atoms with Crippen molar-refractivity contribution in [1.82, 2.24) is 15.3 Å². The third-order valence-electron chi connectivity index (χ3n) is 5.35. The Morgan fingerprint density at radius 2 is 1.59 bits per heavy atom. The molecule has 1 aliphatic heterocycles. The number of benzene rings is 2. The van der Waals surface area contributed by atoms with Crippen LogP contribution in [0, 0.1) is 0 Å². The number of anilines is 3. The number of piperazine rings is 1. The molecule has 0 saturated carbocycles.